The SMILES string of the molecule is C/C(N)=C(\Br)C=NCc1ccccc1. The Morgan fingerprint density at radius 2 is 2.07 bits per heavy atom. The van der Waals surface area contributed by atoms with Gasteiger partial charge in [-0.15, -0.1) is 0 Å². The monoisotopic (exact) mass is 252 g/mol. The van der Waals surface area contributed by atoms with Crippen molar-refractivity contribution in [3.63, 3.8) is 0 Å². The second-order valence-corrected chi connectivity index (χ2v) is 3.84. The van der Waals surface area contributed by atoms with Crippen LogP contribution in [0.15, 0.2) is 45.5 Å². The minimum atomic E-state index is 0.684. The molecule has 0 saturated heterocycles. The van der Waals surface area contributed by atoms with E-state index in [2.05, 4.69) is 20.9 Å². The fraction of sp³-hybridized carbons (Fsp3) is 0.182. The molecule has 14 heavy (non-hydrogen) atoms. The Kier molecular flexibility index (Phi) is 4.40. The summed E-state index contributed by atoms with van der Waals surface area (Å²) in [6, 6.07) is 10.1. The van der Waals surface area contributed by atoms with Crippen molar-refractivity contribution in [1.82, 2.24) is 0 Å². The zero-order valence-electron chi connectivity index (χ0n) is 8.07. The second kappa shape index (κ2) is 5.60. The van der Waals surface area contributed by atoms with Gasteiger partial charge in [-0.25, -0.2) is 0 Å². The van der Waals surface area contributed by atoms with E-state index < -0.39 is 0 Å². The van der Waals surface area contributed by atoms with Crippen LogP contribution < -0.4 is 5.73 Å². The minimum absolute atomic E-state index is 0.684. The zero-order valence-corrected chi connectivity index (χ0v) is 9.66. The molecule has 0 unspecified atom stereocenters. The van der Waals surface area contributed by atoms with Crippen LogP contribution in [0.25, 0.3) is 0 Å². The third-order valence-corrected chi connectivity index (χ3v) is 2.53. The summed E-state index contributed by atoms with van der Waals surface area (Å²) in [6.07, 6.45) is 1.74. The van der Waals surface area contributed by atoms with Gasteiger partial charge in [-0.05, 0) is 28.4 Å². The van der Waals surface area contributed by atoms with Crippen LogP contribution in [0.1, 0.15) is 12.5 Å². The van der Waals surface area contributed by atoms with Gasteiger partial charge in [-0.1, -0.05) is 30.3 Å². The average molecular weight is 253 g/mol. The summed E-state index contributed by atoms with van der Waals surface area (Å²) in [6.45, 7) is 2.52. The molecule has 0 heterocycles. The van der Waals surface area contributed by atoms with E-state index in [4.69, 9.17) is 5.73 Å². The van der Waals surface area contributed by atoms with E-state index >= 15 is 0 Å². The van der Waals surface area contributed by atoms with Gasteiger partial charge in [0.25, 0.3) is 0 Å². The molecule has 1 aromatic rings. The standard InChI is InChI=1S/C11H13BrN2/c1-9(13)11(12)8-14-7-10-5-3-2-4-6-10/h2-6,8H,7,13H2,1H3/b11-9+,14-8?. The van der Waals surface area contributed by atoms with Gasteiger partial charge in [0.15, 0.2) is 0 Å². The molecular formula is C11H13BrN2. The molecule has 0 amide bonds. The number of halogens is 1. The highest BCUT2D eigenvalue weighted by Gasteiger charge is 1.90. The number of hydrogen-bond donors (Lipinski definition) is 1. The summed E-state index contributed by atoms with van der Waals surface area (Å²) in [4.78, 5) is 4.25. The molecule has 0 aliphatic carbocycles. The molecule has 0 radical (unpaired) electrons. The molecule has 0 bridgehead atoms. The van der Waals surface area contributed by atoms with E-state index in [9.17, 15) is 0 Å². The van der Waals surface area contributed by atoms with Crippen LogP contribution in [0.5, 0.6) is 0 Å². The lowest BCUT2D eigenvalue weighted by Crippen LogP contribution is -1.94. The van der Waals surface area contributed by atoms with Crippen molar-refractivity contribution in [3.8, 4) is 0 Å². The molecule has 0 aliphatic rings. The smallest absolute Gasteiger partial charge is 0.0640 e. The van der Waals surface area contributed by atoms with Gasteiger partial charge in [-0.3, -0.25) is 4.99 Å². The van der Waals surface area contributed by atoms with Crippen molar-refractivity contribution in [2.24, 2.45) is 10.7 Å². The highest BCUT2D eigenvalue weighted by molar-refractivity contribution is 9.12. The van der Waals surface area contributed by atoms with Gasteiger partial charge >= 0.3 is 0 Å². The summed E-state index contributed by atoms with van der Waals surface area (Å²) in [5.74, 6) is 0. The lowest BCUT2D eigenvalue weighted by molar-refractivity contribution is 1.08. The van der Waals surface area contributed by atoms with Crippen LogP contribution in [-0.2, 0) is 6.54 Å². The molecule has 1 aromatic carbocycles. The molecule has 0 atom stereocenters. The molecule has 2 nitrogen and oxygen atoms in total. The Balaban J connectivity index is 2.54. The van der Waals surface area contributed by atoms with E-state index in [1.54, 1.807) is 6.21 Å². The fourth-order valence-corrected chi connectivity index (χ4v) is 1.06. The maximum Gasteiger partial charge on any atom is 0.0640 e. The van der Waals surface area contributed by atoms with Crippen LogP contribution in [0.4, 0.5) is 0 Å². The summed E-state index contributed by atoms with van der Waals surface area (Å²) >= 11 is 3.32. The Labute approximate surface area is 92.7 Å². The number of hydrogen-bond acceptors (Lipinski definition) is 2. The Morgan fingerprint density at radius 3 is 2.64 bits per heavy atom. The maximum absolute atomic E-state index is 5.56. The van der Waals surface area contributed by atoms with E-state index in [0.29, 0.717) is 6.54 Å². The molecule has 74 valence electrons. The Bertz CT molecular complexity index is 338. The first-order valence-electron chi connectivity index (χ1n) is 4.35. The van der Waals surface area contributed by atoms with Gasteiger partial charge in [0.2, 0.25) is 0 Å². The van der Waals surface area contributed by atoms with Gasteiger partial charge in [-0.2, -0.15) is 0 Å². The number of aliphatic imine (C=N–C) groups is 1. The molecule has 0 aromatic heterocycles. The van der Waals surface area contributed by atoms with Crippen molar-refractivity contribution >= 4 is 22.1 Å². The maximum atomic E-state index is 5.56. The summed E-state index contributed by atoms with van der Waals surface area (Å²) in [5.41, 5.74) is 7.49. The first-order chi connectivity index (χ1) is 6.70. The minimum Gasteiger partial charge on any atom is -0.401 e. The topological polar surface area (TPSA) is 38.4 Å². The zero-order chi connectivity index (χ0) is 10.4. The summed E-state index contributed by atoms with van der Waals surface area (Å²) < 4.78 is 0.841. The largest absolute Gasteiger partial charge is 0.401 e. The highest BCUT2D eigenvalue weighted by Crippen LogP contribution is 2.05. The Morgan fingerprint density at radius 1 is 1.43 bits per heavy atom. The first-order valence-corrected chi connectivity index (χ1v) is 5.15. The van der Waals surface area contributed by atoms with Crippen molar-refractivity contribution in [3.05, 3.63) is 46.1 Å². The molecule has 2 N–H and O–H groups in total. The van der Waals surface area contributed by atoms with E-state index in [1.807, 2.05) is 37.3 Å². The van der Waals surface area contributed by atoms with Crippen molar-refractivity contribution < 1.29 is 0 Å². The number of rotatable bonds is 3. The van der Waals surface area contributed by atoms with Crippen molar-refractivity contribution in [1.29, 1.82) is 0 Å². The van der Waals surface area contributed by atoms with Crippen LogP contribution in [0.3, 0.4) is 0 Å². The van der Waals surface area contributed by atoms with Crippen LogP contribution in [-0.4, -0.2) is 6.21 Å². The molecule has 0 spiro atoms. The van der Waals surface area contributed by atoms with Crippen LogP contribution in [0.2, 0.25) is 0 Å². The fourth-order valence-electron chi connectivity index (χ4n) is 0.916. The third-order valence-electron chi connectivity index (χ3n) is 1.70. The number of allylic oxidation sites excluding steroid dienone is 2. The average Bonchev–Trinajstić information content (AvgIpc) is 2.19. The summed E-state index contributed by atoms with van der Waals surface area (Å²) in [7, 11) is 0. The van der Waals surface area contributed by atoms with Crippen molar-refractivity contribution in [2.75, 3.05) is 0 Å². The highest BCUT2D eigenvalue weighted by atomic mass is 79.9. The van der Waals surface area contributed by atoms with Crippen LogP contribution >= 0.6 is 15.9 Å². The number of benzene rings is 1. The van der Waals surface area contributed by atoms with Crippen molar-refractivity contribution in [2.45, 2.75) is 13.5 Å². The lowest BCUT2D eigenvalue weighted by atomic mass is 10.2. The van der Waals surface area contributed by atoms with E-state index in [-0.39, 0.29) is 0 Å². The first kappa shape index (κ1) is 11.0. The quantitative estimate of drug-likeness (QED) is 0.826. The molecule has 0 aliphatic heterocycles. The second-order valence-electron chi connectivity index (χ2n) is 2.99. The predicted molar refractivity (Wildman–Crippen MR) is 64.5 cm³/mol. The molecule has 1 rings (SSSR count). The normalized spacial score (nSPS) is 13.0. The Hall–Kier alpha value is -1.09. The van der Waals surface area contributed by atoms with Gasteiger partial charge in [0, 0.05) is 11.9 Å². The predicted octanol–water partition coefficient (Wildman–Crippen LogP) is 2.84. The van der Waals surface area contributed by atoms with E-state index in [0.717, 1.165) is 10.2 Å². The van der Waals surface area contributed by atoms with Crippen LogP contribution in [0, 0.1) is 0 Å². The number of nitrogens with two attached hydrogens (primary N) is 1. The third kappa shape index (κ3) is 3.75. The molecule has 3 heteroatoms. The van der Waals surface area contributed by atoms with Gasteiger partial charge in [0.1, 0.15) is 0 Å². The lowest BCUT2D eigenvalue weighted by Gasteiger charge is -1.95. The molecule has 0 saturated carbocycles. The van der Waals surface area contributed by atoms with E-state index in [1.165, 1.54) is 5.56 Å². The molecule has 0 fully saturated rings. The van der Waals surface area contributed by atoms with Gasteiger partial charge in [0.05, 0.1) is 11.0 Å². The van der Waals surface area contributed by atoms with Gasteiger partial charge < -0.3 is 5.73 Å². The summed E-state index contributed by atoms with van der Waals surface area (Å²) in [5, 5.41) is 0. The number of nitrogens with zero attached hydrogens (tertiary/aromatic N) is 1. The molecular weight excluding hydrogens is 240 g/mol.